The van der Waals surface area contributed by atoms with Gasteiger partial charge in [0, 0.05) is 43.1 Å². The standard InChI is InChI=1S/C18H28N4O4S/c1-18(2,3)21-15(24)12-22(11-13-5-4-9-26-13)16(25)7-6-14(23)20-17-19-8-10-27-17/h8,10,13H,4-7,9,11-12H2,1-3H3,(H,21,24)(H,19,20,23). The molecule has 0 aromatic carbocycles. The molecule has 2 N–H and O–H groups in total. The third-order valence-corrected chi connectivity index (χ3v) is 4.58. The fourth-order valence-corrected chi connectivity index (χ4v) is 3.31. The Morgan fingerprint density at radius 2 is 2.07 bits per heavy atom. The number of carbonyl (C=O) groups excluding carboxylic acids is 3. The molecule has 0 radical (unpaired) electrons. The van der Waals surface area contributed by atoms with E-state index in [0.717, 1.165) is 12.8 Å². The van der Waals surface area contributed by atoms with Crippen LogP contribution in [-0.4, -0.2) is 58.9 Å². The molecule has 9 heteroatoms. The van der Waals surface area contributed by atoms with E-state index in [9.17, 15) is 14.4 Å². The van der Waals surface area contributed by atoms with Crippen LogP contribution in [0.5, 0.6) is 0 Å². The van der Waals surface area contributed by atoms with Crippen molar-refractivity contribution in [1.82, 2.24) is 15.2 Å². The summed E-state index contributed by atoms with van der Waals surface area (Å²) in [6.07, 6.45) is 3.45. The normalized spacial score (nSPS) is 16.8. The van der Waals surface area contributed by atoms with Crippen LogP contribution in [0.2, 0.25) is 0 Å². The fraction of sp³-hybridized carbons (Fsp3) is 0.667. The van der Waals surface area contributed by atoms with E-state index in [2.05, 4.69) is 15.6 Å². The van der Waals surface area contributed by atoms with Crippen LogP contribution in [0.15, 0.2) is 11.6 Å². The van der Waals surface area contributed by atoms with Gasteiger partial charge in [-0.3, -0.25) is 14.4 Å². The molecule has 0 saturated carbocycles. The Kier molecular flexibility index (Phi) is 7.73. The molecular formula is C18H28N4O4S. The molecule has 1 aromatic heterocycles. The maximum absolute atomic E-state index is 12.6. The van der Waals surface area contributed by atoms with E-state index in [-0.39, 0.29) is 48.8 Å². The van der Waals surface area contributed by atoms with Gasteiger partial charge in [-0.25, -0.2) is 4.98 Å². The summed E-state index contributed by atoms with van der Waals surface area (Å²) >= 11 is 1.32. The predicted octanol–water partition coefficient (Wildman–Crippen LogP) is 1.78. The zero-order valence-electron chi connectivity index (χ0n) is 16.1. The minimum atomic E-state index is -0.372. The first kappa shape index (κ1) is 21.3. The van der Waals surface area contributed by atoms with Crippen molar-refractivity contribution in [2.24, 2.45) is 0 Å². The molecular weight excluding hydrogens is 368 g/mol. The topological polar surface area (TPSA) is 101 Å². The monoisotopic (exact) mass is 396 g/mol. The molecule has 1 aliphatic rings. The Morgan fingerprint density at radius 3 is 2.67 bits per heavy atom. The average Bonchev–Trinajstić information content (AvgIpc) is 3.24. The lowest BCUT2D eigenvalue weighted by atomic mass is 10.1. The highest BCUT2D eigenvalue weighted by Gasteiger charge is 2.26. The lowest BCUT2D eigenvalue weighted by molar-refractivity contribution is -0.138. The SMILES string of the molecule is CC(C)(C)NC(=O)CN(CC1CCCO1)C(=O)CCC(=O)Nc1nccs1. The first-order valence-electron chi connectivity index (χ1n) is 9.12. The second-order valence-corrected chi connectivity index (χ2v) is 8.49. The summed E-state index contributed by atoms with van der Waals surface area (Å²) in [7, 11) is 0. The smallest absolute Gasteiger partial charge is 0.240 e. The molecule has 1 fully saturated rings. The van der Waals surface area contributed by atoms with E-state index in [4.69, 9.17) is 4.74 Å². The van der Waals surface area contributed by atoms with Gasteiger partial charge in [0.1, 0.15) is 0 Å². The summed E-state index contributed by atoms with van der Waals surface area (Å²) in [6, 6.07) is 0. The molecule has 2 rings (SSSR count). The van der Waals surface area contributed by atoms with Gasteiger partial charge in [-0.2, -0.15) is 0 Å². The summed E-state index contributed by atoms with van der Waals surface area (Å²) < 4.78 is 5.60. The van der Waals surface area contributed by atoms with Crippen molar-refractivity contribution in [2.45, 2.75) is 58.1 Å². The molecule has 1 atom stereocenters. The molecule has 0 aliphatic carbocycles. The molecule has 8 nitrogen and oxygen atoms in total. The molecule has 1 aliphatic heterocycles. The van der Waals surface area contributed by atoms with Gasteiger partial charge >= 0.3 is 0 Å². The molecule has 1 saturated heterocycles. The van der Waals surface area contributed by atoms with E-state index < -0.39 is 0 Å². The number of hydrogen-bond acceptors (Lipinski definition) is 6. The van der Waals surface area contributed by atoms with Crippen LogP contribution in [-0.2, 0) is 19.1 Å². The van der Waals surface area contributed by atoms with E-state index in [1.165, 1.54) is 16.2 Å². The van der Waals surface area contributed by atoms with Gasteiger partial charge in [0.25, 0.3) is 0 Å². The van der Waals surface area contributed by atoms with Gasteiger partial charge < -0.3 is 20.3 Å². The molecule has 1 unspecified atom stereocenters. The van der Waals surface area contributed by atoms with Gasteiger partial charge in [0.15, 0.2) is 5.13 Å². The number of carbonyl (C=O) groups is 3. The molecule has 0 bridgehead atoms. The van der Waals surface area contributed by atoms with Crippen LogP contribution in [0, 0.1) is 0 Å². The number of nitrogens with one attached hydrogen (secondary N) is 2. The highest BCUT2D eigenvalue weighted by atomic mass is 32.1. The predicted molar refractivity (Wildman–Crippen MR) is 103 cm³/mol. The minimum Gasteiger partial charge on any atom is -0.376 e. The Bertz CT molecular complexity index is 636. The van der Waals surface area contributed by atoms with Crippen LogP contribution in [0.1, 0.15) is 46.5 Å². The molecule has 2 heterocycles. The van der Waals surface area contributed by atoms with Gasteiger partial charge in [-0.1, -0.05) is 0 Å². The second-order valence-electron chi connectivity index (χ2n) is 7.59. The van der Waals surface area contributed by atoms with Crippen molar-refractivity contribution in [2.75, 3.05) is 25.0 Å². The van der Waals surface area contributed by atoms with Crippen LogP contribution >= 0.6 is 11.3 Å². The summed E-state index contributed by atoms with van der Waals surface area (Å²) in [6.45, 7) is 6.67. The second kappa shape index (κ2) is 9.80. The maximum Gasteiger partial charge on any atom is 0.240 e. The van der Waals surface area contributed by atoms with Crippen LogP contribution in [0.25, 0.3) is 0 Å². The van der Waals surface area contributed by atoms with Crippen molar-refractivity contribution in [3.05, 3.63) is 11.6 Å². The third kappa shape index (κ3) is 8.04. The minimum absolute atomic E-state index is 0.0345. The zero-order valence-corrected chi connectivity index (χ0v) is 16.9. The molecule has 150 valence electrons. The summed E-state index contributed by atoms with van der Waals surface area (Å²) in [5.74, 6) is -0.723. The third-order valence-electron chi connectivity index (χ3n) is 3.89. The van der Waals surface area contributed by atoms with Crippen LogP contribution in [0.3, 0.4) is 0 Å². The number of aromatic nitrogens is 1. The quantitative estimate of drug-likeness (QED) is 0.698. The first-order chi connectivity index (χ1) is 12.7. The lowest BCUT2D eigenvalue weighted by Crippen LogP contribution is -2.49. The highest BCUT2D eigenvalue weighted by molar-refractivity contribution is 7.13. The van der Waals surface area contributed by atoms with E-state index >= 15 is 0 Å². The maximum atomic E-state index is 12.6. The van der Waals surface area contributed by atoms with E-state index in [1.807, 2.05) is 20.8 Å². The zero-order chi connectivity index (χ0) is 19.9. The van der Waals surface area contributed by atoms with E-state index in [1.54, 1.807) is 11.6 Å². The Labute approximate surface area is 163 Å². The first-order valence-corrected chi connectivity index (χ1v) is 10.0. The largest absolute Gasteiger partial charge is 0.376 e. The highest BCUT2D eigenvalue weighted by Crippen LogP contribution is 2.15. The number of ether oxygens (including phenoxy) is 1. The number of amides is 3. The lowest BCUT2D eigenvalue weighted by Gasteiger charge is -2.27. The Balaban J connectivity index is 1.88. The van der Waals surface area contributed by atoms with Gasteiger partial charge in [0.2, 0.25) is 17.7 Å². The van der Waals surface area contributed by atoms with Gasteiger partial charge in [0.05, 0.1) is 12.6 Å². The summed E-state index contributed by atoms with van der Waals surface area (Å²) in [5.41, 5.74) is -0.372. The summed E-state index contributed by atoms with van der Waals surface area (Å²) in [4.78, 5) is 42.3. The number of rotatable bonds is 8. The molecule has 3 amide bonds. The molecule has 0 spiro atoms. The number of thiazole rings is 1. The Morgan fingerprint density at radius 1 is 1.30 bits per heavy atom. The van der Waals surface area contributed by atoms with Crippen molar-refractivity contribution < 1.29 is 19.1 Å². The van der Waals surface area contributed by atoms with Crippen molar-refractivity contribution >= 4 is 34.2 Å². The average molecular weight is 397 g/mol. The molecule has 27 heavy (non-hydrogen) atoms. The number of nitrogens with zero attached hydrogens (tertiary/aromatic N) is 2. The van der Waals surface area contributed by atoms with E-state index in [0.29, 0.717) is 18.3 Å². The molecule has 1 aromatic rings. The number of hydrogen-bond donors (Lipinski definition) is 2. The van der Waals surface area contributed by atoms with Crippen LogP contribution in [0.4, 0.5) is 5.13 Å². The van der Waals surface area contributed by atoms with Gasteiger partial charge in [-0.05, 0) is 33.6 Å². The Hall–Kier alpha value is -2.00. The fourth-order valence-electron chi connectivity index (χ4n) is 2.77. The van der Waals surface area contributed by atoms with Gasteiger partial charge in [-0.15, -0.1) is 11.3 Å². The van der Waals surface area contributed by atoms with Crippen LogP contribution < -0.4 is 10.6 Å². The van der Waals surface area contributed by atoms with Crippen molar-refractivity contribution in [3.8, 4) is 0 Å². The van der Waals surface area contributed by atoms with Crippen molar-refractivity contribution in [3.63, 3.8) is 0 Å². The van der Waals surface area contributed by atoms with Crippen molar-refractivity contribution in [1.29, 1.82) is 0 Å². The summed E-state index contributed by atoms with van der Waals surface area (Å²) in [5, 5.41) is 7.79. The number of anilines is 1.